The van der Waals surface area contributed by atoms with Crippen LogP contribution in [0, 0.1) is 11.3 Å². The van der Waals surface area contributed by atoms with E-state index in [2.05, 4.69) is 37.3 Å². The first-order valence-corrected chi connectivity index (χ1v) is 5.99. The Morgan fingerprint density at radius 1 is 1.67 bits per heavy atom. The lowest BCUT2D eigenvalue weighted by Gasteiger charge is -2.15. The molecular weight excluding hydrogens is 298 g/mol. The molecule has 0 aliphatic heterocycles. The maximum Gasteiger partial charge on any atom is 0.124 e. The Bertz CT molecular complexity index is 493. The molecule has 0 fully saturated rings. The number of benzene rings is 1. The normalized spacial score (nSPS) is 11.2. The van der Waals surface area contributed by atoms with E-state index in [0.717, 1.165) is 10.0 Å². The average molecular weight is 310 g/mol. The number of nitrogens with zero attached hydrogens (tertiary/aromatic N) is 4. The number of nitriles is 1. The van der Waals surface area contributed by atoms with Gasteiger partial charge in [0, 0.05) is 28.0 Å². The second-order valence-electron chi connectivity index (χ2n) is 3.36. The fourth-order valence-electron chi connectivity index (χ4n) is 1.46. The van der Waals surface area contributed by atoms with E-state index in [9.17, 15) is 0 Å². The molecule has 1 atom stereocenters. The topological polar surface area (TPSA) is 93.8 Å². The molecule has 0 heterocycles. The zero-order valence-corrected chi connectivity index (χ0v) is 11.4. The van der Waals surface area contributed by atoms with E-state index in [-0.39, 0.29) is 0 Å². The number of halogens is 1. The monoisotopic (exact) mass is 309 g/mol. The SMILES string of the molecule is COc1ccc(Br)cc1C(C#N)NCCN=[N+]=[N-]. The van der Waals surface area contributed by atoms with Gasteiger partial charge in [0.25, 0.3) is 0 Å². The van der Waals surface area contributed by atoms with Crippen LogP contribution in [0.5, 0.6) is 5.75 Å². The summed E-state index contributed by atoms with van der Waals surface area (Å²) >= 11 is 3.36. The minimum absolute atomic E-state index is 0.297. The van der Waals surface area contributed by atoms with Crippen molar-refractivity contribution in [3.63, 3.8) is 0 Å². The fourth-order valence-corrected chi connectivity index (χ4v) is 1.84. The van der Waals surface area contributed by atoms with E-state index in [1.165, 1.54) is 0 Å². The third-order valence-corrected chi connectivity index (χ3v) is 2.75. The van der Waals surface area contributed by atoms with E-state index in [0.29, 0.717) is 18.8 Å². The molecule has 1 aromatic rings. The van der Waals surface area contributed by atoms with Crippen LogP contribution in [0.25, 0.3) is 10.4 Å². The number of nitrogens with one attached hydrogen (secondary N) is 1. The Hall–Kier alpha value is -1.74. The molecule has 1 aromatic carbocycles. The molecule has 0 saturated carbocycles. The van der Waals surface area contributed by atoms with Crippen LogP contribution >= 0.6 is 15.9 Å². The van der Waals surface area contributed by atoms with Crippen molar-refractivity contribution in [3.05, 3.63) is 38.7 Å². The molecule has 0 spiro atoms. The van der Waals surface area contributed by atoms with Gasteiger partial charge in [-0.1, -0.05) is 21.0 Å². The highest BCUT2D eigenvalue weighted by Crippen LogP contribution is 2.28. The van der Waals surface area contributed by atoms with Gasteiger partial charge < -0.3 is 4.74 Å². The Kier molecular flexibility index (Phi) is 6.01. The first-order valence-electron chi connectivity index (χ1n) is 5.20. The first-order chi connectivity index (χ1) is 8.72. The van der Waals surface area contributed by atoms with E-state index in [1.54, 1.807) is 13.2 Å². The molecule has 94 valence electrons. The zero-order chi connectivity index (χ0) is 13.4. The van der Waals surface area contributed by atoms with Crippen LogP contribution in [0.2, 0.25) is 0 Å². The second kappa shape index (κ2) is 7.56. The van der Waals surface area contributed by atoms with Gasteiger partial charge in [0.15, 0.2) is 0 Å². The molecule has 1 rings (SSSR count). The number of hydrogen-bond donors (Lipinski definition) is 1. The molecule has 18 heavy (non-hydrogen) atoms. The largest absolute Gasteiger partial charge is 0.496 e. The van der Waals surface area contributed by atoms with Crippen molar-refractivity contribution in [1.82, 2.24) is 5.32 Å². The van der Waals surface area contributed by atoms with Gasteiger partial charge in [0.1, 0.15) is 11.8 Å². The van der Waals surface area contributed by atoms with Crippen molar-refractivity contribution in [2.45, 2.75) is 6.04 Å². The summed E-state index contributed by atoms with van der Waals surface area (Å²) in [6, 6.07) is 7.10. The van der Waals surface area contributed by atoms with Crippen molar-refractivity contribution in [2.75, 3.05) is 20.2 Å². The minimum atomic E-state index is -0.508. The highest BCUT2D eigenvalue weighted by Gasteiger charge is 2.15. The fraction of sp³-hybridized carbons (Fsp3) is 0.364. The van der Waals surface area contributed by atoms with Crippen molar-refractivity contribution in [1.29, 1.82) is 5.26 Å². The molecule has 0 aliphatic rings. The summed E-state index contributed by atoms with van der Waals surface area (Å²) in [5.74, 6) is 0.640. The third-order valence-electron chi connectivity index (χ3n) is 2.26. The standard InChI is InChI=1S/C11H12BrN5O/c1-18-11-3-2-8(12)6-9(11)10(7-13)15-4-5-16-17-14/h2-3,6,10,15H,4-5H2,1H3. The average Bonchev–Trinajstić information content (AvgIpc) is 2.39. The van der Waals surface area contributed by atoms with Crippen LogP contribution in [0.4, 0.5) is 0 Å². The highest BCUT2D eigenvalue weighted by atomic mass is 79.9. The molecule has 0 radical (unpaired) electrons. The second-order valence-corrected chi connectivity index (χ2v) is 4.27. The number of ether oxygens (including phenoxy) is 1. The molecule has 0 aliphatic carbocycles. The maximum absolute atomic E-state index is 9.16. The van der Waals surface area contributed by atoms with Crippen molar-refractivity contribution < 1.29 is 4.74 Å². The molecular formula is C11H12BrN5O. The molecule has 1 unspecified atom stereocenters. The van der Waals surface area contributed by atoms with Crippen molar-refractivity contribution in [2.24, 2.45) is 5.11 Å². The lowest BCUT2D eigenvalue weighted by Crippen LogP contribution is -2.23. The van der Waals surface area contributed by atoms with E-state index in [1.807, 2.05) is 12.1 Å². The van der Waals surface area contributed by atoms with Crippen LogP contribution in [0.3, 0.4) is 0 Å². The first kappa shape index (κ1) is 14.3. The quantitative estimate of drug-likeness (QED) is 0.379. The Morgan fingerprint density at radius 2 is 2.44 bits per heavy atom. The lowest BCUT2D eigenvalue weighted by molar-refractivity contribution is 0.405. The van der Waals surface area contributed by atoms with Gasteiger partial charge in [-0.3, -0.25) is 5.32 Å². The minimum Gasteiger partial charge on any atom is -0.496 e. The van der Waals surface area contributed by atoms with Gasteiger partial charge in [-0.15, -0.1) is 0 Å². The van der Waals surface area contributed by atoms with Crippen molar-refractivity contribution >= 4 is 15.9 Å². The number of azide groups is 1. The molecule has 0 aromatic heterocycles. The zero-order valence-electron chi connectivity index (χ0n) is 9.80. The van der Waals surface area contributed by atoms with Crippen LogP contribution in [-0.4, -0.2) is 20.2 Å². The van der Waals surface area contributed by atoms with Gasteiger partial charge in [-0.05, 0) is 23.7 Å². The summed E-state index contributed by atoms with van der Waals surface area (Å²) in [6.45, 7) is 0.725. The maximum atomic E-state index is 9.16. The summed E-state index contributed by atoms with van der Waals surface area (Å²) < 4.78 is 6.09. The Labute approximate surface area is 113 Å². The van der Waals surface area contributed by atoms with E-state index < -0.39 is 6.04 Å². The number of hydrogen-bond acceptors (Lipinski definition) is 4. The summed E-state index contributed by atoms with van der Waals surface area (Å²) in [5, 5.41) is 15.6. The van der Waals surface area contributed by atoms with Crippen LogP contribution in [0.15, 0.2) is 27.8 Å². The van der Waals surface area contributed by atoms with Crippen LogP contribution < -0.4 is 10.1 Å². The van der Waals surface area contributed by atoms with Gasteiger partial charge in [-0.25, -0.2) is 0 Å². The summed E-state index contributed by atoms with van der Waals surface area (Å²) in [5.41, 5.74) is 8.91. The van der Waals surface area contributed by atoms with Crippen LogP contribution in [0.1, 0.15) is 11.6 Å². The Morgan fingerprint density at radius 3 is 3.06 bits per heavy atom. The predicted octanol–water partition coefficient (Wildman–Crippen LogP) is 2.92. The van der Waals surface area contributed by atoms with Crippen molar-refractivity contribution in [3.8, 4) is 11.8 Å². The van der Waals surface area contributed by atoms with Gasteiger partial charge in [0.2, 0.25) is 0 Å². The van der Waals surface area contributed by atoms with Gasteiger partial charge in [0.05, 0.1) is 13.2 Å². The number of rotatable bonds is 6. The predicted molar refractivity (Wildman–Crippen MR) is 71.1 cm³/mol. The Balaban J connectivity index is 2.84. The number of methoxy groups -OCH3 is 1. The molecule has 1 N–H and O–H groups in total. The molecule has 7 heteroatoms. The van der Waals surface area contributed by atoms with E-state index >= 15 is 0 Å². The summed E-state index contributed by atoms with van der Waals surface area (Å²) in [6.07, 6.45) is 0. The molecule has 0 bridgehead atoms. The van der Waals surface area contributed by atoms with Crippen LogP contribution in [-0.2, 0) is 0 Å². The smallest absolute Gasteiger partial charge is 0.124 e. The van der Waals surface area contributed by atoms with E-state index in [4.69, 9.17) is 15.5 Å². The highest BCUT2D eigenvalue weighted by molar-refractivity contribution is 9.10. The molecule has 0 saturated heterocycles. The lowest BCUT2D eigenvalue weighted by atomic mass is 10.1. The van der Waals surface area contributed by atoms with Gasteiger partial charge >= 0.3 is 0 Å². The summed E-state index contributed by atoms with van der Waals surface area (Å²) in [7, 11) is 1.56. The van der Waals surface area contributed by atoms with Gasteiger partial charge in [-0.2, -0.15) is 5.26 Å². The third kappa shape index (κ3) is 3.93. The molecule has 0 amide bonds. The summed E-state index contributed by atoms with van der Waals surface area (Å²) in [4.78, 5) is 2.65. The molecule has 6 nitrogen and oxygen atoms in total.